The summed E-state index contributed by atoms with van der Waals surface area (Å²) in [5.74, 6) is -1.29. The molecule has 5 nitrogen and oxygen atoms in total. The zero-order valence-electron chi connectivity index (χ0n) is 7.97. The molecule has 0 aromatic heterocycles. The van der Waals surface area contributed by atoms with Gasteiger partial charge >= 0.3 is 5.97 Å². The van der Waals surface area contributed by atoms with E-state index in [1.807, 2.05) is 18.9 Å². The highest BCUT2D eigenvalue weighted by atomic mass is 16.4. The van der Waals surface area contributed by atoms with Crippen molar-refractivity contribution < 1.29 is 20.1 Å². The Morgan fingerprint density at radius 1 is 1.46 bits per heavy atom. The summed E-state index contributed by atoms with van der Waals surface area (Å²) in [4.78, 5) is 12.1. The number of hydrogen-bond acceptors (Lipinski definition) is 4. The molecule has 0 spiro atoms. The van der Waals surface area contributed by atoms with Crippen LogP contribution in [0.2, 0.25) is 0 Å². The first-order valence-corrected chi connectivity index (χ1v) is 4.24. The van der Waals surface area contributed by atoms with Gasteiger partial charge in [-0.25, -0.2) is 4.79 Å². The molecule has 2 atom stereocenters. The van der Waals surface area contributed by atoms with E-state index < -0.39 is 18.2 Å². The minimum absolute atomic E-state index is 0.125. The van der Waals surface area contributed by atoms with E-state index in [-0.39, 0.29) is 6.42 Å². The smallest absolute Gasteiger partial charge is 0.332 e. The van der Waals surface area contributed by atoms with Gasteiger partial charge in [-0.2, -0.15) is 0 Å². The molecule has 0 saturated carbocycles. The lowest BCUT2D eigenvalue weighted by Crippen LogP contribution is -2.33. The van der Waals surface area contributed by atoms with Gasteiger partial charge < -0.3 is 20.2 Å². The summed E-state index contributed by atoms with van der Waals surface area (Å²) in [6, 6.07) is 0. The van der Waals surface area contributed by atoms with Crippen molar-refractivity contribution in [3.63, 3.8) is 0 Å². The van der Waals surface area contributed by atoms with E-state index in [0.29, 0.717) is 6.54 Å². The van der Waals surface area contributed by atoms with Gasteiger partial charge in [-0.05, 0) is 13.6 Å². The second kappa shape index (κ2) is 5.90. The standard InChI is InChI=1S/C8H17NO4/c1-3-9(2)5-6(10)4-7(11)8(12)13/h6-7,10-11H,3-5H2,1-2H3,(H,12,13). The van der Waals surface area contributed by atoms with Crippen LogP contribution in [0.4, 0.5) is 0 Å². The number of aliphatic carboxylic acids is 1. The summed E-state index contributed by atoms with van der Waals surface area (Å²) in [6.07, 6.45) is -2.39. The number of aliphatic hydroxyl groups is 2. The van der Waals surface area contributed by atoms with Crippen molar-refractivity contribution in [1.29, 1.82) is 0 Å². The molecule has 0 fully saturated rings. The van der Waals surface area contributed by atoms with Crippen LogP contribution in [0.5, 0.6) is 0 Å². The molecular formula is C8H17NO4. The Hall–Kier alpha value is -0.650. The SMILES string of the molecule is CCN(C)CC(O)CC(O)C(=O)O. The van der Waals surface area contributed by atoms with Gasteiger partial charge in [0.2, 0.25) is 0 Å². The van der Waals surface area contributed by atoms with E-state index in [1.165, 1.54) is 0 Å². The molecule has 0 bridgehead atoms. The van der Waals surface area contributed by atoms with Crippen molar-refractivity contribution in [3.8, 4) is 0 Å². The Labute approximate surface area is 77.6 Å². The van der Waals surface area contributed by atoms with Crippen molar-refractivity contribution in [1.82, 2.24) is 4.90 Å². The number of likely N-dealkylation sites (N-methyl/N-ethyl adjacent to an activating group) is 1. The van der Waals surface area contributed by atoms with Gasteiger partial charge in [0.05, 0.1) is 6.10 Å². The van der Waals surface area contributed by atoms with Gasteiger partial charge in [-0.15, -0.1) is 0 Å². The van der Waals surface area contributed by atoms with Gasteiger partial charge in [0.15, 0.2) is 6.10 Å². The highest BCUT2D eigenvalue weighted by Gasteiger charge is 2.18. The molecule has 0 aliphatic rings. The van der Waals surface area contributed by atoms with Crippen LogP contribution in [0.1, 0.15) is 13.3 Å². The molecule has 5 heteroatoms. The monoisotopic (exact) mass is 191 g/mol. The summed E-state index contributed by atoms with van der Waals surface area (Å²) < 4.78 is 0. The first kappa shape index (κ1) is 12.3. The molecule has 3 N–H and O–H groups in total. The van der Waals surface area contributed by atoms with Crippen LogP contribution in [-0.2, 0) is 4.79 Å². The predicted molar refractivity (Wildman–Crippen MR) is 47.4 cm³/mol. The van der Waals surface area contributed by atoms with E-state index in [2.05, 4.69) is 0 Å². The number of hydrogen-bond donors (Lipinski definition) is 3. The number of carboxylic acid groups (broad SMARTS) is 1. The van der Waals surface area contributed by atoms with E-state index in [4.69, 9.17) is 10.2 Å². The van der Waals surface area contributed by atoms with Crippen molar-refractivity contribution in [2.24, 2.45) is 0 Å². The number of carbonyl (C=O) groups is 1. The number of nitrogens with zero attached hydrogens (tertiary/aromatic N) is 1. The lowest BCUT2D eigenvalue weighted by atomic mass is 10.1. The fourth-order valence-corrected chi connectivity index (χ4v) is 0.922. The summed E-state index contributed by atoms with van der Waals surface area (Å²) in [7, 11) is 1.82. The zero-order valence-corrected chi connectivity index (χ0v) is 7.97. The third-order valence-corrected chi connectivity index (χ3v) is 1.84. The maximum atomic E-state index is 10.2. The molecule has 0 rings (SSSR count). The largest absolute Gasteiger partial charge is 0.479 e. The zero-order chi connectivity index (χ0) is 10.4. The van der Waals surface area contributed by atoms with Gasteiger partial charge in [0, 0.05) is 13.0 Å². The average molecular weight is 191 g/mol. The lowest BCUT2D eigenvalue weighted by molar-refractivity contribution is -0.148. The second-order valence-electron chi connectivity index (χ2n) is 3.10. The molecule has 0 aromatic rings. The molecule has 0 aliphatic carbocycles. The summed E-state index contributed by atoms with van der Waals surface area (Å²) in [5.41, 5.74) is 0. The molecule has 13 heavy (non-hydrogen) atoms. The normalized spacial score (nSPS) is 15.8. The molecule has 0 saturated heterocycles. The molecule has 0 heterocycles. The van der Waals surface area contributed by atoms with Crippen molar-refractivity contribution in [2.45, 2.75) is 25.6 Å². The van der Waals surface area contributed by atoms with Crippen LogP contribution in [0.25, 0.3) is 0 Å². The maximum Gasteiger partial charge on any atom is 0.332 e. The molecule has 0 radical (unpaired) electrons. The first-order chi connectivity index (χ1) is 5.97. The molecule has 0 aromatic carbocycles. The fourth-order valence-electron chi connectivity index (χ4n) is 0.922. The topological polar surface area (TPSA) is 81.0 Å². The second-order valence-corrected chi connectivity index (χ2v) is 3.10. The first-order valence-electron chi connectivity index (χ1n) is 4.24. The quantitative estimate of drug-likeness (QED) is 0.508. The minimum atomic E-state index is -1.47. The van der Waals surface area contributed by atoms with E-state index in [0.717, 1.165) is 6.54 Å². The van der Waals surface area contributed by atoms with E-state index >= 15 is 0 Å². The highest BCUT2D eigenvalue weighted by molar-refractivity contribution is 5.71. The third-order valence-electron chi connectivity index (χ3n) is 1.84. The molecule has 0 amide bonds. The molecule has 0 aliphatic heterocycles. The van der Waals surface area contributed by atoms with Gasteiger partial charge in [-0.3, -0.25) is 0 Å². The Morgan fingerprint density at radius 2 is 2.00 bits per heavy atom. The van der Waals surface area contributed by atoms with Gasteiger partial charge in [-0.1, -0.05) is 6.92 Å². The van der Waals surface area contributed by atoms with Crippen LogP contribution < -0.4 is 0 Å². The van der Waals surface area contributed by atoms with Gasteiger partial charge in [0.1, 0.15) is 0 Å². The fraction of sp³-hybridized carbons (Fsp3) is 0.875. The Kier molecular flexibility index (Phi) is 5.61. The minimum Gasteiger partial charge on any atom is -0.479 e. The summed E-state index contributed by atoms with van der Waals surface area (Å²) in [6.45, 7) is 3.08. The predicted octanol–water partition coefficient (Wildman–Crippen LogP) is -0.865. The number of carboxylic acids is 1. The maximum absolute atomic E-state index is 10.2. The van der Waals surface area contributed by atoms with Crippen molar-refractivity contribution >= 4 is 5.97 Å². The molecule has 2 unspecified atom stereocenters. The Bertz CT molecular complexity index is 162. The van der Waals surface area contributed by atoms with E-state index in [1.54, 1.807) is 0 Å². The van der Waals surface area contributed by atoms with Gasteiger partial charge in [0.25, 0.3) is 0 Å². The summed E-state index contributed by atoms with van der Waals surface area (Å²) >= 11 is 0. The van der Waals surface area contributed by atoms with E-state index in [9.17, 15) is 9.90 Å². The Balaban J connectivity index is 3.73. The van der Waals surface area contributed by atoms with Crippen LogP contribution in [0.15, 0.2) is 0 Å². The Morgan fingerprint density at radius 3 is 2.38 bits per heavy atom. The molecular weight excluding hydrogens is 174 g/mol. The van der Waals surface area contributed by atoms with Crippen molar-refractivity contribution in [3.05, 3.63) is 0 Å². The molecule has 78 valence electrons. The lowest BCUT2D eigenvalue weighted by Gasteiger charge is -2.19. The van der Waals surface area contributed by atoms with Crippen molar-refractivity contribution in [2.75, 3.05) is 20.1 Å². The van der Waals surface area contributed by atoms with Crippen LogP contribution >= 0.6 is 0 Å². The van der Waals surface area contributed by atoms with Crippen LogP contribution in [-0.4, -0.2) is 58.5 Å². The average Bonchev–Trinajstić information content (AvgIpc) is 2.03. The summed E-state index contributed by atoms with van der Waals surface area (Å²) in [5, 5.41) is 26.6. The number of aliphatic hydroxyl groups excluding tert-OH is 2. The number of rotatable bonds is 6. The highest BCUT2D eigenvalue weighted by Crippen LogP contribution is 2.00. The van der Waals surface area contributed by atoms with Crippen LogP contribution in [0.3, 0.4) is 0 Å². The third kappa shape index (κ3) is 5.57. The van der Waals surface area contributed by atoms with Crippen LogP contribution in [0, 0.1) is 0 Å².